The van der Waals surface area contributed by atoms with Crippen molar-refractivity contribution in [2.45, 2.75) is 211 Å². The SMILES string of the molecule is COC(=O)[C@H]1O[C@@H](O[C@H]2CC[C@@]3(C)C(CC[C@]4(C)C3CC=C3[C@@H]5C[C@](C)(CO)C[C@@H](O)[C@]5(C)CC[C@]34C)[C@@]2(C)CO)[C@H](O[C@@H]2O[C@H](CO)[C@H](O)[C@H](O)[C@H]2O[C@@H]2O[C@@H](C)[C@H](O)[C@@H](O)[C@H]2O)[C@@H](O)[C@@H]1O. The molecule has 3 heterocycles. The lowest BCUT2D eigenvalue weighted by molar-refractivity contribution is -0.396. The number of hydrogen-bond donors (Lipinski definition) is 11. The van der Waals surface area contributed by atoms with Gasteiger partial charge in [-0.2, -0.15) is 0 Å². The molecule has 19 heteroatoms. The fourth-order valence-electron chi connectivity index (χ4n) is 15.2. The highest BCUT2D eigenvalue weighted by Crippen LogP contribution is 2.76. The Morgan fingerprint density at radius 3 is 1.94 bits per heavy atom. The summed E-state index contributed by atoms with van der Waals surface area (Å²) >= 11 is 0. The van der Waals surface area contributed by atoms with Gasteiger partial charge < -0.3 is 89.3 Å². The van der Waals surface area contributed by atoms with Gasteiger partial charge in [-0.3, -0.25) is 0 Å². The molecule has 3 aliphatic heterocycles. The summed E-state index contributed by atoms with van der Waals surface area (Å²) in [6.07, 6.45) is -17.8. The molecule has 19 nitrogen and oxygen atoms in total. The molecule has 0 radical (unpaired) electrons. The second-order valence-corrected chi connectivity index (χ2v) is 23.6. The minimum Gasteiger partial charge on any atom is -0.467 e. The highest BCUT2D eigenvalue weighted by Gasteiger charge is 2.70. The highest BCUT2D eigenvalue weighted by molar-refractivity contribution is 5.75. The third kappa shape index (κ3) is 8.08. The number of esters is 1. The van der Waals surface area contributed by atoms with Gasteiger partial charge in [0.2, 0.25) is 0 Å². The summed E-state index contributed by atoms with van der Waals surface area (Å²) in [5, 5.41) is 121. The number of carbonyl (C=O) groups is 1. The first-order valence-electron chi connectivity index (χ1n) is 24.8. The van der Waals surface area contributed by atoms with Crippen molar-refractivity contribution in [2.75, 3.05) is 26.9 Å². The first kappa shape index (κ1) is 52.8. The van der Waals surface area contributed by atoms with Gasteiger partial charge >= 0.3 is 5.97 Å². The molecular weight excluding hydrogens is 893 g/mol. The topological polar surface area (TPSA) is 304 Å². The van der Waals surface area contributed by atoms with Crippen LogP contribution in [0, 0.1) is 50.2 Å². The average Bonchev–Trinajstić information content (AvgIpc) is 3.30. The van der Waals surface area contributed by atoms with Gasteiger partial charge in [0.1, 0.15) is 61.0 Å². The smallest absolute Gasteiger partial charge is 0.337 e. The first-order chi connectivity index (χ1) is 31.8. The Balaban J connectivity index is 1.08. The number of methoxy groups -OCH3 is 1. The highest BCUT2D eigenvalue weighted by atomic mass is 16.8. The number of rotatable bonds is 10. The monoisotopic (exact) mass is 973 g/mol. The summed E-state index contributed by atoms with van der Waals surface area (Å²) in [5.41, 5.74) is -0.790. The van der Waals surface area contributed by atoms with Gasteiger partial charge in [0.15, 0.2) is 25.0 Å². The predicted molar refractivity (Wildman–Crippen MR) is 236 cm³/mol. The summed E-state index contributed by atoms with van der Waals surface area (Å²) in [4.78, 5) is 13.1. The van der Waals surface area contributed by atoms with Crippen LogP contribution in [0.4, 0.5) is 0 Å². The third-order valence-electron chi connectivity index (χ3n) is 20.0. The van der Waals surface area contributed by atoms with Crippen molar-refractivity contribution in [3.8, 4) is 0 Å². The van der Waals surface area contributed by atoms with Crippen LogP contribution in [-0.4, -0.2) is 193 Å². The van der Waals surface area contributed by atoms with E-state index in [9.17, 15) is 61.0 Å². The Hall–Kier alpha value is -1.47. The molecule has 3 saturated heterocycles. The molecule has 8 rings (SSSR count). The number of ether oxygens (including phenoxy) is 7. The van der Waals surface area contributed by atoms with Crippen molar-refractivity contribution in [2.24, 2.45) is 50.2 Å². The van der Waals surface area contributed by atoms with E-state index < -0.39 is 122 Å². The maximum Gasteiger partial charge on any atom is 0.337 e. The average molecular weight is 973 g/mol. The Morgan fingerprint density at radius 1 is 0.662 bits per heavy atom. The lowest BCUT2D eigenvalue weighted by Crippen LogP contribution is -2.68. The van der Waals surface area contributed by atoms with E-state index in [4.69, 9.17) is 33.2 Å². The molecule has 11 N–H and O–H groups in total. The van der Waals surface area contributed by atoms with Crippen LogP contribution in [0.3, 0.4) is 0 Å². The van der Waals surface area contributed by atoms with Crippen LogP contribution in [0.5, 0.6) is 0 Å². The van der Waals surface area contributed by atoms with Crippen molar-refractivity contribution < 1.29 is 94.1 Å². The van der Waals surface area contributed by atoms with E-state index in [0.717, 1.165) is 45.6 Å². The number of carbonyl (C=O) groups excluding carboxylic acids is 1. The Morgan fingerprint density at radius 2 is 1.31 bits per heavy atom. The van der Waals surface area contributed by atoms with E-state index >= 15 is 0 Å². The van der Waals surface area contributed by atoms with Gasteiger partial charge in [-0.05, 0) is 104 Å². The molecule has 0 aromatic heterocycles. The number of fused-ring (bicyclic) bond motifs is 7. The van der Waals surface area contributed by atoms with Gasteiger partial charge in [0.05, 0.1) is 38.6 Å². The van der Waals surface area contributed by atoms with Crippen LogP contribution in [0.2, 0.25) is 0 Å². The fourth-order valence-corrected chi connectivity index (χ4v) is 15.2. The maximum absolute atomic E-state index is 13.1. The van der Waals surface area contributed by atoms with Crippen LogP contribution in [-0.2, 0) is 38.0 Å². The molecule has 7 fully saturated rings. The minimum atomic E-state index is -1.96. The zero-order chi connectivity index (χ0) is 49.8. The van der Waals surface area contributed by atoms with Crippen molar-refractivity contribution in [1.82, 2.24) is 0 Å². The van der Waals surface area contributed by atoms with Crippen molar-refractivity contribution in [3.63, 3.8) is 0 Å². The Kier molecular flexibility index (Phi) is 14.6. The lowest BCUT2D eigenvalue weighted by atomic mass is 9.33. The number of allylic oxidation sites excluding steroid dienone is 2. The van der Waals surface area contributed by atoms with Crippen molar-refractivity contribution in [1.29, 1.82) is 0 Å². The molecule has 0 aromatic carbocycles. The van der Waals surface area contributed by atoms with E-state index in [2.05, 4.69) is 40.7 Å². The van der Waals surface area contributed by atoms with Gasteiger partial charge in [-0.15, -0.1) is 0 Å². The van der Waals surface area contributed by atoms with Crippen LogP contribution < -0.4 is 0 Å². The van der Waals surface area contributed by atoms with E-state index in [-0.39, 0.29) is 58.0 Å². The molecule has 390 valence electrons. The van der Waals surface area contributed by atoms with Crippen LogP contribution in [0.15, 0.2) is 11.6 Å². The van der Waals surface area contributed by atoms with Gasteiger partial charge in [0.25, 0.3) is 0 Å². The molecular formula is C49H80O19. The summed E-state index contributed by atoms with van der Waals surface area (Å²) in [5.74, 6) is -0.770. The predicted octanol–water partition coefficient (Wildman–Crippen LogP) is -0.235. The Bertz CT molecular complexity index is 1860. The largest absolute Gasteiger partial charge is 0.467 e. The summed E-state index contributed by atoms with van der Waals surface area (Å²) in [6, 6.07) is 0. The van der Waals surface area contributed by atoms with Gasteiger partial charge in [-0.25, -0.2) is 4.79 Å². The minimum absolute atomic E-state index is 0.0180. The van der Waals surface area contributed by atoms with Crippen molar-refractivity contribution in [3.05, 3.63) is 11.6 Å². The third-order valence-corrected chi connectivity index (χ3v) is 20.0. The maximum atomic E-state index is 13.1. The normalized spacial score (nSPS) is 56.0. The Labute approximate surface area is 398 Å². The van der Waals surface area contributed by atoms with Crippen molar-refractivity contribution >= 4 is 5.97 Å². The number of aliphatic hydroxyl groups excluding tert-OH is 11. The second kappa shape index (κ2) is 18.8. The zero-order valence-corrected chi connectivity index (χ0v) is 40.8. The van der Waals surface area contributed by atoms with Crippen LogP contribution in [0.1, 0.15) is 106 Å². The van der Waals surface area contributed by atoms with E-state index in [1.165, 1.54) is 12.5 Å². The molecule has 0 amide bonds. The summed E-state index contributed by atoms with van der Waals surface area (Å²) in [6.45, 7) is 13.8. The molecule has 5 aliphatic carbocycles. The molecule has 0 spiro atoms. The second-order valence-electron chi connectivity index (χ2n) is 23.6. The number of hydrogen-bond acceptors (Lipinski definition) is 19. The number of aliphatic hydroxyl groups is 11. The molecule has 0 bridgehead atoms. The molecule has 68 heavy (non-hydrogen) atoms. The van der Waals surface area contributed by atoms with Crippen LogP contribution >= 0.6 is 0 Å². The molecule has 8 aliphatic rings. The van der Waals surface area contributed by atoms with E-state index in [1.807, 2.05) is 6.92 Å². The quantitative estimate of drug-likeness (QED) is 0.0765. The molecule has 0 aromatic rings. The zero-order valence-electron chi connectivity index (χ0n) is 40.8. The first-order valence-corrected chi connectivity index (χ1v) is 24.8. The molecule has 4 saturated carbocycles. The summed E-state index contributed by atoms with van der Waals surface area (Å²) in [7, 11) is 1.09. The molecule has 26 atom stereocenters. The fraction of sp³-hybridized carbons (Fsp3) is 0.939. The standard InChI is InChI=1S/C49H80O19/c1-22-30(54)32(56)36(60)41(63-22)67-38-33(57)31(55)25(19-50)64-42(38)68-39-35(59)34(58)37(40(61)62-8)66-43(39)65-29-12-13-46(4)26(47(29,5)21-52)11-14-49(7)27(46)10-9-23-24-17-44(2,20-51)18-28(53)45(24,3)15-16-48(23,49)6/h9,22,24-39,41-43,50-60H,10-21H2,1-8H3/t22-,24-,25+,26?,27?,28+,29-,30-,31-,32+,33-,34-,35-,36+,37-,38+,39+,41-,42-,43+,44-,45+,46-,47+,48+,49+/m0/s1. The summed E-state index contributed by atoms with van der Waals surface area (Å²) < 4.78 is 41.6. The van der Waals surface area contributed by atoms with Crippen LogP contribution in [0.25, 0.3) is 0 Å². The van der Waals surface area contributed by atoms with E-state index in [0.29, 0.717) is 19.3 Å². The van der Waals surface area contributed by atoms with Gasteiger partial charge in [-0.1, -0.05) is 53.2 Å². The lowest BCUT2D eigenvalue weighted by Gasteiger charge is -2.72. The van der Waals surface area contributed by atoms with E-state index in [1.54, 1.807) is 0 Å². The van der Waals surface area contributed by atoms with Gasteiger partial charge in [0, 0.05) is 17.4 Å². The molecule has 2 unspecified atom stereocenters.